The van der Waals surface area contributed by atoms with E-state index in [1.54, 1.807) is 0 Å². The third-order valence-electron chi connectivity index (χ3n) is 7.41. The Morgan fingerprint density at radius 1 is 0.717 bits per heavy atom. The van der Waals surface area contributed by atoms with Gasteiger partial charge in [0.1, 0.15) is 47.7 Å². The van der Waals surface area contributed by atoms with Crippen LogP contribution in [0.5, 0.6) is 0 Å². The minimum atomic E-state index is -4.32. The fourth-order valence-electron chi connectivity index (χ4n) is 5.42. The monoisotopic (exact) mass is 720 g/mol. The van der Waals surface area contributed by atoms with Crippen LogP contribution in [0.1, 0.15) is 12.5 Å². The Hall–Kier alpha value is -2.86. The Morgan fingerprint density at radius 3 is 1.50 bits per heavy atom. The summed E-state index contributed by atoms with van der Waals surface area (Å²) in [4.78, 5) is 24.2. The van der Waals surface area contributed by atoms with Gasteiger partial charge in [-0.2, -0.15) is 19.9 Å². The molecule has 3 saturated heterocycles. The summed E-state index contributed by atoms with van der Waals surface area (Å²) >= 11 is 8.15. The molecule has 4 aromatic rings. The van der Waals surface area contributed by atoms with Gasteiger partial charge in [-0.25, -0.2) is 19.1 Å². The topological polar surface area (TPSA) is 321 Å². The van der Waals surface area contributed by atoms with Crippen LogP contribution in [0.3, 0.4) is 0 Å². The number of hydrogen-bond donors (Lipinski definition) is 8. The molecule has 0 saturated carbocycles. The smallest absolute Gasteiger partial charge is 0.386 e. The zero-order chi connectivity index (χ0) is 32.7. The van der Waals surface area contributed by atoms with Gasteiger partial charge in [-0.3, -0.25) is 27.2 Å². The van der Waals surface area contributed by atoms with Gasteiger partial charge in [-0.1, -0.05) is 24.5 Å². The summed E-state index contributed by atoms with van der Waals surface area (Å²) in [5.74, 6) is -0.347. The van der Waals surface area contributed by atoms with Gasteiger partial charge in [0.05, 0.1) is 25.9 Å². The summed E-state index contributed by atoms with van der Waals surface area (Å²) in [7, 11) is 0. The van der Waals surface area contributed by atoms with E-state index in [-0.39, 0.29) is 45.9 Å². The van der Waals surface area contributed by atoms with Crippen LogP contribution in [0.15, 0.2) is 12.7 Å². The maximum absolute atomic E-state index is 13.5. The molecule has 26 heteroatoms. The summed E-state index contributed by atoms with van der Waals surface area (Å²) in [6, 6.07) is 0. The second-order valence-corrected chi connectivity index (χ2v) is 16.1. The maximum atomic E-state index is 13.5. The number of thiol groups is 2. The number of ether oxygens (including phenoxy) is 2. The fraction of sp³-hybridized carbons (Fsp3) is 0.500. The van der Waals surface area contributed by atoms with E-state index in [9.17, 15) is 19.3 Å². The number of hydrogen-bond acceptors (Lipinski definition) is 20. The maximum Gasteiger partial charge on any atom is 0.386 e. The first kappa shape index (κ1) is 31.7. The van der Waals surface area contributed by atoms with Gasteiger partial charge in [0.15, 0.2) is 35.4 Å². The fourth-order valence-corrected chi connectivity index (χ4v) is 8.40. The van der Waals surface area contributed by atoms with Gasteiger partial charge in [-0.15, -0.1) is 0 Å². The second kappa shape index (κ2) is 11.4. The molecule has 0 bridgehead atoms. The lowest BCUT2D eigenvalue weighted by Gasteiger charge is -2.28. The molecule has 0 aliphatic carbocycles. The summed E-state index contributed by atoms with van der Waals surface area (Å²) in [6.07, 6.45) is -8.46. The van der Waals surface area contributed by atoms with Crippen LogP contribution in [0.25, 0.3) is 22.3 Å². The molecular weight excluding hydrogens is 694 g/mol. The van der Waals surface area contributed by atoms with Crippen LogP contribution < -0.4 is 22.9 Å². The van der Waals surface area contributed by atoms with Crippen molar-refractivity contribution in [2.45, 2.75) is 49.1 Å². The largest absolute Gasteiger partial charge is 0.386 e. The molecule has 4 aromatic heterocycles. The molecule has 22 nitrogen and oxygen atoms in total. The molecule has 10 atom stereocenters. The summed E-state index contributed by atoms with van der Waals surface area (Å²) in [5, 5.41) is 22.6. The number of nitrogen functional groups attached to an aromatic ring is 4. The molecule has 3 fully saturated rings. The third-order valence-corrected chi connectivity index (χ3v) is 10.6. The molecule has 0 unspecified atom stereocenters. The van der Waals surface area contributed by atoms with E-state index < -0.39 is 75.9 Å². The predicted molar refractivity (Wildman–Crippen MR) is 163 cm³/mol. The van der Waals surface area contributed by atoms with Gasteiger partial charge in [-0.05, 0) is 0 Å². The van der Waals surface area contributed by atoms with Crippen LogP contribution in [0.2, 0.25) is 0 Å². The SMILES string of the molecule is Nc1nc(N)c2ncn([C@@H]3O[C@@H]4CO[P@@](=O)(S)O[C@H]5[C@@H](O)[C@H](n6cnc7c(N)nc(N)nc76)O[C@@H]5CO[P@](=O)(S)O[C@H]4[C@H]3O)c2n1. The summed E-state index contributed by atoms with van der Waals surface area (Å²) in [6.45, 7) is -9.77. The Balaban J connectivity index is 1.17. The van der Waals surface area contributed by atoms with Crippen LogP contribution >= 0.6 is 38.1 Å². The number of nitrogens with zero attached hydrogens (tertiary/aromatic N) is 8. The van der Waals surface area contributed by atoms with Crippen LogP contribution in [0, 0.1) is 0 Å². The van der Waals surface area contributed by atoms with Gasteiger partial charge >= 0.3 is 13.6 Å². The van der Waals surface area contributed by atoms with E-state index >= 15 is 0 Å². The van der Waals surface area contributed by atoms with Crippen molar-refractivity contribution in [3.05, 3.63) is 12.7 Å². The number of aliphatic hydroxyl groups is 2. The lowest BCUT2D eigenvalue weighted by atomic mass is 10.1. The first-order valence-electron chi connectivity index (χ1n) is 13.2. The molecule has 3 aliphatic heterocycles. The van der Waals surface area contributed by atoms with E-state index in [1.165, 1.54) is 21.8 Å². The summed E-state index contributed by atoms with van der Waals surface area (Å²) < 4.78 is 63.8. The van der Waals surface area contributed by atoms with Crippen molar-refractivity contribution < 1.29 is 46.9 Å². The Bertz CT molecular complexity index is 1800. The van der Waals surface area contributed by atoms with E-state index in [0.717, 1.165) is 0 Å². The third kappa shape index (κ3) is 5.56. The Morgan fingerprint density at radius 2 is 1.11 bits per heavy atom. The molecule has 0 spiro atoms. The van der Waals surface area contributed by atoms with E-state index in [1.807, 2.05) is 0 Å². The summed E-state index contributed by atoms with van der Waals surface area (Å²) in [5.41, 5.74) is 23.9. The van der Waals surface area contributed by atoms with Crippen molar-refractivity contribution in [1.29, 1.82) is 0 Å². The number of rotatable bonds is 2. The zero-order valence-corrected chi connectivity index (χ0v) is 26.6. The van der Waals surface area contributed by atoms with Crippen molar-refractivity contribution in [3.63, 3.8) is 0 Å². The molecule has 3 aliphatic rings. The number of fused-ring (bicyclic) bond motifs is 4. The first-order chi connectivity index (χ1) is 21.7. The first-order valence-corrected chi connectivity index (χ1v) is 18.6. The van der Waals surface area contributed by atoms with Crippen molar-refractivity contribution >= 4 is 84.0 Å². The molecule has 0 aromatic carbocycles. The molecule has 0 radical (unpaired) electrons. The van der Waals surface area contributed by atoms with Crippen molar-refractivity contribution in [2.24, 2.45) is 0 Å². The van der Waals surface area contributed by atoms with Gasteiger partial charge in [0, 0.05) is 0 Å². The second-order valence-electron chi connectivity index (χ2n) is 10.4. The average Bonchev–Trinajstić information content (AvgIpc) is 3.72. The molecule has 248 valence electrons. The standard InChI is InChI=1S/C20H26N12O10P2S2/c21-13-7-15(29-19(23)27-13)31(3-25-7)17-9(33)11-5(39-17)1-37-43(35,45)42-12-6(2-38-44(36,46)41-11)40-18(10(12)34)32-4-26-8-14(22)28-20(24)30-16(8)32/h3-6,9-12,17-18,33-34H,1-2H2,(H,35,45)(H,36,46)(H4,21,23,27,29)(H4,22,24,28,30)/t5-,6-,9-,10-,11-,12-,17-,18-,43-,44+/m1/s1. The average molecular weight is 721 g/mol. The molecule has 7 rings (SSSR count). The lowest BCUT2D eigenvalue weighted by Crippen LogP contribution is -2.38. The van der Waals surface area contributed by atoms with E-state index in [0.29, 0.717) is 0 Å². The molecule has 7 heterocycles. The predicted octanol–water partition coefficient (Wildman–Crippen LogP) is -0.595. The highest BCUT2D eigenvalue weighted by Crippen LogP contribution is 2.60. The highest BCUT2D eigenvalue weighted by Gasteiger charge is 2.53. The highest BCUT2D eigenvalue weighted by atomic mass is 32.7. The highest BCUT2D eigenvalue weighted by molar-refractivity contribution is 8.44. The number of aromatic nitrogens is 8. The van der Waals surface area contributed by atoms with Crippen molar-refractivity contribution in [1.82, 2.24) is 39.0 Å². The Labute approximate surface area is 267 Å². The van der Waals surface area contributed by atoms with E-state index in [2.05, 4.69) is 54.4 Å². The Kier molecular flexibility index (Phi) is 7.85. The van der Waals surface area contributed by atoms with Crippen molar-refractivity contribution in [3.8, 4) is 0 Å². The number of imidazole rings is 2. The normalized spacial score (nSPS) is 37.1. The number of anilines is 4. The lowest BCUT2D eigenvalue weighted by molar-refractivity contribution is -0.0561. The van der Waals surface area contributed by atoms with Crippen LogP contribution in [0.4, 0.5) is 23.5 Å². The van der Waals surface area contributed by atoms with E-state index in [4.69, 9.17) is 50.5 Å². The van der Waals surface area contributed by atoms with Gasteiger partial charge in [0.2, 0.25) is 11.9 Å². The molecule has 10 N–H and O–H groups in total. The van der Waals surface area contributed by atoms with Gasteiger partial charge < -0.3 is 42.6 Å². The van der Waals surface area contributed by atoms with Crippen molar-refractivity contribution in [2.75, 3.05) is 36.1 Å². The number of aliphatic hydroxyl groups excluding tert-OH is 2. The van der Waals surface area contributed by atoms with Gasteiger partial charge in [0.25, 0.3) is 0 Å². The number of nitrogens with two attached hydrogens (primary N) is 4. The zero-order valence-electron chi connectivity index (χ0n) is 23.0. The quantitative estimate of drug-likeness (QED) is 0.0947. The minimum Gasteiger partial charge on any atom is -0.386 e. The molecule has 0 amide bonds. The molecular formula is C20H26N12O10P2S2. The van der Waals surface area contributed by atoms with Crippen LogP contribution in [-0.2, 0) is 36.7 Å². The molecule has 46 heavy (non-hydrogen) atoms. The minimum absolute atomic E-state index is 0.0128. The van der Waals surface area contributed by atoms with Crippen LogP contribution in [-0.4, -0.2) is 99.1 Å².